The Morgan fingerprint density at radius 3 is 2.70 bits per heavy atom. The minimum Gasteiger partial charge on any atom is -0.418 e. The van der Waals surface area contributed by atoms with Crippen LogP contribution in [0.4, 0.5) is 5.69 Å². The summed E-state index contributed by atoms with van der Waals surface area (Å²) in [4.78, 5) is 40.2. The van der Waals surface area contributed by atoms with Crippen LogP contribution in [0.3, 0.4) is 0 Å². The number of carbonyl (C=O) groups excluding carboxylic acids is 1. The van der Waals surface area contributed by atoms with Crippen molar-refractivity contribution < 1.29 is 14.5 Å². The van der Waals surface area contributed by atoms with Gasteiger partial charge < -0.3 is 4.74 Å². The maximum Gasteiger partial charge on any atom is 0.313 e. The number of rotatable bonds is 5. The largest absolute Gasteiger partial charge is 0.418 e. The molecule has 1 heterocycles. The average Bonchev–Trinajstić information content (AvgIpc) is 2.80. The Morgan fingerprint density at radius 1 is 1.27 bits per heavy atom. The molecule has 0 bridgehead atoms. The molecule has 1 saturated carbocycles. The number of esters is 1. The lowest BCUT2D eigenvalue weighted by molar-refractivity contribution is -0.385. The molecule has 1 fully saturated rings. The molecule has 9 nitrogen and oxygen atoms in total. The first kappa shape index (κ1) is 22.8. The second-order valence-electron chi connectivity index (χ2n) is 7.89. The molecule has 0 aliphatic heterocycles. The smallest absolute Gasteiger partial charge is 0.313 e. The number of fused-ring (bicyclic) bond motifs is 1. The molecular formula is C23H21BrN4O5. The normalized spacial score (nSPS) is 14.6. The van der Waals surface area contributed by atoms with E-state index < -0.39 is 16.6 Å². The van der Waals surface area contributed by atoms with Crippen molar-refractivity contribution in [2.24, 2.45) is 5.10 Å². The van der Waals surface area contributed by atoms with Gasteiger partial charge in [-0.3, -0.25) is 19.7 Å². The summed E-state index contributed by atoms with van der Waals surface area (Å²) in [6.07, 6.45) is 6.51. The van der Waals surface area contributed by atoms with Gasteiger partial charge in [0.1, 0.15) is 5.82 Å². The molecule has 170 valence electrons. The molecule has 2 aromatic carbocycles. The molecule has 1 aromatic heterocycles. The zero-order valence-corrected chi connectivity index (χ0v) is 19.4. The summed E-state index contributed by atoms with van der Waals surface area (Å²) in [6, 6.07) is 9.91. The number of aromatic nitrogens is 2. The van der Waals surface area contributed by atoms with E-state index in [1.165, 1.54) is 23.0 Å². The van der Waals surface area contributed by atoms with Gasteiger partial charge in [-0.25, -0.2) is 4.98 Å². The van der Waals surface area contributed by atoms with Crippen molar-refractivity contribution in [3.8, 4) is 5.75 Å². The molecule has 0 radical (unpaired) electrons. The van der Waals surface area contributed by atoms with Gasteiger partial charge in [-0.2, -0.15) is 9.78 Å². The van der Waals surface area contributed by atoms with Gasteiger partial charge >= 0.3 is 11.7 Å². The van der Waals surface area contributed by atoms with Gasteiger partial charge in [-0.15, -0.1) is 0 Å². The molecular weight excluding hydrogens is 492 g/mol. The van der Waals surface area contributed by atoms with Gasteiger partial charge in [0.2, 0.25) is 5.75 Å². The maximum absolute atomic E-state index is 13.3. The number of para-hydroxylation sites is 1. The van der Waals surface area contributed by atoms with Gasteiger partial charge in [-0.1, -0.05) is 31.4 Å². The Kier molecular flexibility index (Phi) is 6.64. The highest BCUT2D eigenvalue weighted by Gasteiger charge is 2.23. The Balaban J connectivity index is 1.82. The van der Waals surface area contributed by atoms with Crippen molar-refractivity contribution in [1.29, 1.82) is 0 Å². The summed E-state index contributed by atoms with van der Waals surface area (Å²) < 4.78 is 6.51. The molecule has 4 rings (SSSR count). The van der Waals surface area contributed by atoms with Crippen LogP contribution in [-0.4, -0.2) is 26.8 Å². The van der Waals surface area contributed by atoms with E-state index in [0.29, 0.717) is 22.3 Å². The monoisotopic (exact) mass is 512 g/mol. The predicted molar refractivity (Wildman–Crippen MR) is 127 cm³/mol. The number of carbonyl (C=O) groups is 1. The second kappa shape index (κ2) is 9.62. The SMILES string of the molecule is CC(=O)Oc1c(Br)cc(C=Nn2c(C3CCCCC3)nc3ccccc3c2=O)cc1[N+](=O)[O-]. The molecule has 0 saturated heterocycles. The lowest BCUT2D eigenvalue weighted by atomic mass is 9.88. The van der Waals surface area contributed by atoms with Crippen molar-refractivity contribution in [3.05, 3.63) is 72.7 Å². The maximum atomic E-state index is 13.3. The molecule has 10 heteroatoms. The first-order valence-corrected chi connectivity index (χ1v) is 11.4. The Morgan fingerprint density at radius 2 is 2.00 bits per heavy atom. The van der Waals surface area contributed by atoms with Crippen molar-refractivity contribution in [1.82, 2.24) is 9.66 Å². The summed E-state index contributed by atoms with van der Waals surface area (Å²) in [5, 5.41) is 16.4. The first-order chi connectivity index (χ1) is 15.8. The van der Waals surface area contributed by atoms with Crippen molar-refractivity contribution in [3.63, 3.8) is 0 Å². The highest BCUT2D eigenvalue weighted by molar-refractivity contribution is 9.10. The van der Waals surface area contributed by atoms with Crippen LogP contribution in [0.25, 0.3) is 10.9 Å². The highest BCUT2D eigenvalue weighted by atomic mass is 79.9. The first-order valence-electron chi connectivity index (χ1n) is 10.6. The van der Waals surface area contributed by atoms with Gasteiger partial charge in [-0.05, 0) is 47.0 Å². The lowest BCUT2D eigenvalue weighted by Gasteiger charge is -2.22. The van der Waals surface area contributed by atoms with Crippen LogP contribution in [0, 0.1) is 10.1 Å². The summed E-state index contributed by atoms with van der Waals surface area (Å²) in [7, 11) is 0. The number of hydrogen-bond acceptors (Lipinski definition) is 7. The third-order valence-electron chi connectivity index (χ3n) is 5.56. The molecule has 1 aliphatic carbocycles. The summed E-state index contributed by atoms with van der Waals surface area (Å²) in [5.41, 5.74) is 0.304. The summed E-state index contributed by atoms with van der Waals surface area (Å²) in [5.74, 6) is -0.149. The van der Waals surface area contributed by atoms with Crippen LogP contribution in [0.5, 0.6) is 5.75 Å². The van der Waals surface area contributed by atoms with E-state index in [2.05, 4.69) is 21.0 Å². The van der Waals surface area contributed by atoms with Gasteiger partial charge in [0.05, 0.1) is 26.5 Å². The van der Waals surface area contributed by atoms with Crippen LogP contribution in [0.15, 0.2) is 50.8 Å². The van der Waals surface area contributed by atoms with Gasteiger partial charge in [0.25, 0.3) is 5.56 Å². The van der Waals surface area contributed by atoms with E-state index >= 15 is 0 Å². The van der Waals surface area contributed by atoms with Crippen molar-refractivity contribution >= 4 is 44.7 Å². The lowest BCUT2D eigenvalue weighted by Crippen LogP contribution is -2.25. The number of halogens is 1. The minimum atomic E-state index is -0.675. The van der Waals surface area contributed by atoms with Gasteiger partial charge in [0, 0.05) is 24.5 Å². The fourth-order valence-electron chi connectivity index (χ4n) is 4.06. The van der Waals surface area contributed by atoms with Crippen molar-refractivity contribution in [2.75, 3.05) is 0 Å². The quantitative estimate of drug-likeness (QED) is 0.157. The Labute approximate surface area is 197 Å². The minimum absolute atomic E-state index is 0.112. The van der Waals surface area contributed by atoms with Crippen LogP contribution < -0.4 is 10.3 Å². The average molecular weight is 513 g/mol. The number of nitro groups is 1. The third-order valence-corrected chi connectivity index (χ3v) is 6.15. The molecule has 0 unspecified atom stereocenters. The van der Waals surface area contributed by atoms with E-state index in [9.17, 15) is 19.7 Å². The molecule has 1 aliphatic rings. The van der Waals surface area contributed by atoms with Crippen LogP contribution in [0.1, 0.15) is 56.3 Å². The molecule has 3 aromatic rings. The molecule has 0 N–H and O–H groups in total. The zero-order chi connectivity index (χ0) is 23.5. The number of ether oxygens (including phenoxy) is 1. The molecule has 0 spiro atoms. The predicted octanol–water partition coefficient (Wildman–Crippen LogP) is 4.92. The van der Waals surface area contributed by atoms with Crippen molar-refractivity contribution in [2.45, 2.75) is 44.9 Å². The number of nitrogens with zero attached hydrogens (tertiary/aromatic N) is 4. The van der Waals surface area contributed by atoms with Crippen LogP contribution in [0.2, 0.25) is 0 Å². The summed E-state index contributed by atoms with van der Waals surface area (Å²) >= 11 is 3.22. The standard InChI is InChI=1S/C23H21BrN4O5/c1-14(29)33-21-18(24)11-15(12-20(21)28(31)32)13-25-27-22(16-7-3-2-4-8-16)26-19-10-6-5-9-17(19)23(27)30/h5-6,9-13,16H,2-4,7-8H2,1H3. The number of nitro benzene ring substituents is 1. The summed E-state index contributed by atoms with van der Waals surface area (Å²) in [6.45, 7) is 1.16. The van der Waals surface area contributed by atoms with E-state index in [1.807, 2.05) is 12.1 Å². The Bertz CT molecular complexity index is 1330. The zero-order valence-electron chi connectivity index (χ0n) is 17.9. The molecule has 33 heavy (non-hydrogen) atoms. The third kappa shape index (κ3) is 4.85. The van der Waals surface area contributed by atoms with E-state index in [1.54, 1.807) is 12.1 Å². The number of benzene rings is 2. The molecule has 0 amide bonds. The van der Waals surface area contributed by atoms with Crippen LogP contribution >= 0.6 is 15.9 Å². The van der Waals surface area contributed by atoms with E-state index in [-0.39, 0.29) is 21.7 Å². The molecule has 0 atom stereocenters. The number of hydrogen-bond donors (Lipinski definition) is 0. The van der Waals surface area contributed by atoms with E-state index in [0.717, 1.165) is 39.0 Å². The van der Waals surface area contributed by atoms with E-state index in [4.69, 9.17) is 9.72 Å². The Hall–Kier alpha value is -3.40. The fourth-order valence-corrected chi connectivity index (χ4v) is 4.60. The van der Waals surface area contributed by atoms with Crippen LogP contribution in [-0.2, 0) is 4.79 Å². The highest BCUT2D eigenvalue weighted by Crippen LogP contribution is 2.36. The fraction of sp³-hybridized carbons (Fsp3) is 0.304. The van der Waals surface area contributed by atoms with Gasteiger partial charge in [0.15, 0.2) is 0 Å². The second-order valence-corrected chi connectivity index (χ2v) is 8.74. The topological polar surface area (TPSA) is 117 Å².